The van der Waals surface area contributed by atoms with E-state index in [9.17, 15) is 0 Å². The summed E-state index contributed by atoms with van der Waals surface area (Å²) in [6.07, 6.45) is 2.89. The van der Waals surface area contributed by atoms with Crippen molar-refractivity contribution in [2.45, 2.75) is 37.8 Å². The predicted octanol–water partition coefficient (Wildman–Crippen LogP) is 4.40. The van der Waals surface area contributed by atoms with E-state index in [0.717, 1.165) is 22.9 Å². The van der Waals surface area contributed by atoms with Crippen LogP contribution in [0.3, 0.4) is 0 Å². The molecule has 5 heteroatoms. The van der Waals surface area contributed by atoms with Crippen LogP contribution in [0.5, 0.6) is 0 Å². The number of rotatable bonds is 6. The summed E-state index contributed by atoms with van der Waals surface area (Å²) in [5.41, 5.74) is 1.88. The van der Waals surface area contributed by atoms with Crippen LogP contribution in [0.25, 0.3) is 0 Å². The Morgan fingerprint density at radius 2 is 2.19 bits per heavy atom. The van der Waals surface area contributed by atoms with Gasteiger partial charge in [-0.2, -0.15) is 5.26 Å². The van der Waals surface area contributed by atoms with Gasteiger partial charge >= 0.3 is 0 Å². The van der Waals surface area contributed by atoms with Crippen molar-refractivity contribution in [3.05, 3.63) is 52.8 Å². The van der Waals surface area contributed by atoms with Crippen LogP contribution in [-0.4, -0.2) is 10.6 Å². The van der Waals surface area contributed by atoms with E-state index in [1.54, 1.807) is 11.9 Å². The zero-order chi connectivity index (χ0) is 15.2. The molecule has 1 N–H and O–H groups in total. The molecule has 0 bridgehead atoms. The SMILES string of the molecule is Cc1cccc(Cl)c1SNC(C)CCn1cccc1C#N. The molecule has 0 fully saturated rings. The normalized spacial score (nSPS) is 12.1. The molecule has 1 aromatic carbocycles. The third-order valence-electron chi connectivity index (χ3n) is 3.27. The molecule has 0 radical (unpaired) electrons. The fourth-order valence-corrected chi connectivity index (χ4v) is 3.18. The number of halogens is 1. The van der Waals surface area contributed by atoms with E-state index in [0.29, 0.717) is 11.7 Å². The molecule has 0 spiro atoms. The highest BCUT2D eigenvalue weighted by Crippen LogP contribution is 2.28. The van der Waals surface area contributed by atoms with Gasteiger partial charge in [0.2, 0.25) is 0 Å². The van der Waals surface area contributed by atoms with Crippen LogP contribution < -0.4 is 4.72 Å². The maximum absolute atomic E-state index is 8.98. The van der Waals surface area contributed by atoms with Crippen molar-refractivity contribution in [3.63, 3.8) is 0 Å². The first-order valence-corrected chi connectivity index (χ1v) is 8.04. The minimum Gasteiger partial charge on any atom is -0.339 e. The Morgan fingerprint density at radius 1 is 1.38 bits per heavy atom. The molecule has 0 amide bonds. The van der Waals surface area contributed by atoms with Crippen LogP contribution in [0.2, 0.25) is 5.02 Å². The lowest BCUT2D eigenvalue weighted by molar-refractivity contribution is 0.548. The Hall–Kier alpha value is -1.41. The van der Waals surface area contributed by atoms with E-state index in [-0.39, 0.29) is 0 Å². The van der Waals surface area contributed by atoms with Gasteiger partial charge in [-0.3, -0.25) is 4.72 Å². The fraction of sp³-hybridized carbons (Fsp3) is 0.312. The molecule has 3 nitrogen and oxygen atoms in total. The van der Waals surface area contributed by atoms with Gasteiger partial charge in [-0.25, -0.2) is 0 Å². The fourth-order valence-electron chi connectivity index (χ4n) is 2.01. The zero-order valence-corrected chi connectivity index (χ0v) is 13.7. The molecule has 2 aromatic rings. The number of hydrogen-bond donors (Lipinski definition) is 1. The largest absolute Gasteiger partial charge is 0.339 e. The van der Waals surface area contributed by atoms with E-state index in [4.69, 9.17) is 16.9 Å². The second-order valence-corrected chi connectivity index (χ2v) is 6.25. The van der Waals surface area contributed by atoms with Gasteiger partial charge in [-0.15, -0.1) is 0 Å². The van der Waals surface area contributed by atoms with Crippen molar-refractivity contribution in [2.75, 3.05) is 0 Å². The standard InChI is InChI=1S/C16H18ClN3S/c1-12-5-3-7-15(17)16(12)21-19-13(2)8-10-20-9-4-6-14(20)11-18/h3-7,9,13,19H,8,10H2,1-2H3. The van der Waals surface area contributed by atoms with E-state index in [1.165, 1.54) is 5.56 Å². The number of nitriles is 1. The first-order valence-electron chi connectivity index (χ1n) is 6.84. The Labute approximate surface area is 135 Å². The molecule has 0 saturated carbocycles. The zero-order valence-electron chi connectivity index (χ0n) is 12.1. The van der Waals surface area contributed by atoms with Crippen molar-refractivity contribution < 1.29 is 0 Å². The van der Waals surface area contributed by atoms with E-state index < -0.39 is 0 Å². The van der Waals surface area contributed by atoms with Gasteiger partial charge in [-0.05, 0) is 56.0 Å². The molecule has 0 aliphatic rings. The van der Waals surface area contributed by atoms with Gasteiger partial charge < -0.3 is 4.57 Å². The van der Waals surface area contributed by atoms with Crippen LogP contribution >= 0.6 is 23.5 Å². The molecule has 2 rings (SSSR count). The molecule has 1 aromatic heterocycles. The molecule has 0 aliphatic heterocycles. The Morgan fingerprint density at radius 3 is 2.90 bits per heavy atom. The third kappa shape index (κ3) is 4.28. The number of aromatic nitrogens is 1. The van der Waals surface area contributed by atoms with Gasteiger partial charge in [0, 0.05) is 23.7 Å². The van der Waals surface area contributed by atoms with Gasteiger partial charge in [0.15, 0.2) is 0 Å². The maximum Gasteiger partial charge on any atom is 0.120 e. The summed E-state index contributed by atoms with van der Waals surface area (Å²) in [7, 11) is 0. The first kappa shape index (κ1) is 16.0. The summed E-state index contributed by atoms with van der Waals surface area (Å²) in [4.78, 5) is 1.07. The molecule has 1 heterocycles. The Kier molecular flexibility index (Phi) is 5.75. The highest BCUT2D eigenvalue weighted by atomic mass is 35.5. The summed E-state index contributed by atoms with van der Waals surface area (Å²) in [5, 5.41) is 9.76. The second-order valence-electron chi connectivity index (χ2n) is 4.99. The number of benzene rings is 1. The maximum atomic E-state index is 8.98. The van der Waals surface area contributed by atoms with Crippen molar-refractivity contribution >= 4 is 23.5 Å². The van der Waals surface area contributed by atoms with Crippen molar-refractivity contribution in [2.24, 2.45) is 0 Å². The second kappa shape index (κ2) is 7.56. The van der Waals surface area contributed by atoms with Crippen molar-refractivity contribution in [1.29, 1.82) is 5.26 Å². The summed E-state index contributed by atoms with van der Waals surface area (Å²) in [6, 6.07) is 12.2. The summed E-state index contributed by atoms with van der Waals surface area (Å²) in [6.45, 7) is 5.01. The highest BCUT2D eigenvalue weighted by molar-refractivity contribution is 7.97. The Balaban J connectivity index is 1.85. The molecular formula is C16H18ClN3S. The first-order chi connectivity index (χ1) is 10.1. The summed E-state index contributed by atoms with van der Waals surface area (Å²) in [5.74, 6) is 0. The Bertz CT molecular complexity index is 625. The number of nitrogens with zero attached hydrogens (tertiary/aromatic N) is 2. The molecule has 1 atom stereocenters. The van der Waals surface area contributed by atoms with Crippen molar-refractivity contribution in [3.8, 4) is 6.07 Å². The van der Waals surface area contributed by atoms with Gasteiger partial charge in [-0.1, -0.05) is 23.7 Å². The monoisotopic (exact) mass is 319 g/mol. The molecule has 1 unspecified atom stereocenters. The van der Waals surface area contributed by atoms with Gasteiger partial charge in [0.25, 0.3) is 0 Å². The lowest BCUT2D eigenvalue weighted by Crippen LogP contribution is -2.21. The third-order valence-corrected chi connectivity index (χ3v) is 4.97. The number of hydrogen-bond acceptors (Lipinski definition) is 3. The van der Waals surface area contributed by atoms with E-state index in [1.807, 2.05) is 35.0 Å². The highest BCUT2D eigenvalue weighted by Gasteiger charge is 2.08. The van der Waals surface area contributed by atoms with Crippen LogP contribution in [-0.2, 0) is 6.54 Å². The molecule has 0 saturated heterocycles. The van der Waals surface area contributed by atoms with Crippen LogP contribution in [0.1, 0.15) is 24.6 Å². The summed E-state index contributed by atoms with van der Waals surface area (Å²) < 4.78 is 5.39. The minimum atomic E-state index is 0.319. The van der Waals surface area contributed by atoms with Crippen molar-refractivity contribution in [1.82, 2.24) is 9.29 Å². The summed E-state index contributed by atoms with van der Waals surface area (Å²) >= 11 is 7.78. The molecular weight excluding hydrogens is 302 g/mol. The molecule has 0 aliphatic carbocycles. The average Bonchev–Trinajstić information content (AvgIpc) is 2.92. The average molecular weight is 320 g/mol. The smallest absolute Gasteiger partial charge is 0.120 e. The van der Waals surface area contributed by atoms with Crippen LogP contribution in [0.15, 0.2) is 41.4 Å². The topological polar surface area (TPSA) is 40.8 Å². The molecule has 110 valence electrons. The lowest BCUT2D eigenvalue weighted by Gasteiger charge is -2.15. The predicted molar refractivity (Wildman–Crippen MR) is 88.4 cm³/mol. The molecule has 21 heavy (non-hydrogen) atoms. The quantitative estimate of drug-likeness (QED) is 0.802. The number of nitrogens with one attached hydrogen (secondary N) is 1. The van der Waals surface area contributed by atoms with Gasteiger partial charge in [0.05, 0.1) is 5.02 Å². The van der Waals surface area contributed by atoms with Gasteiger partial charge in [0.1, 0.15) is 11.8 Å². The van der Waals surface area contributed by atoms with Crippen LogP contribution in [0, 0.1) is 18.3 Å². The van der Waals surface area contributed by atoms with E-state index in [2.05, 4.69) is 30.7 Å². The van der Waals surface area contributed by atoms with E-state index >= 15 is 0 Å². The number of aryl methyl sites for hydroxylation is 2. The minimum absolute atomic E-state index is 0.319. The van der Waals surface area contributed by atoms with Crippen LogP contribution in [0.4, 0.5) is 0 Å². The lowest BCUT2D eigenvalue weighted by atomic mass is 10.2.